The van der Waals surface area contributed by atoms with Crippen molar-refractivity contribution in [3.8, 4) is 5.75 Å². The van der Waals surface area contributed by atoms with Crippen molar-refractivity contribution < 1.29 is 4.74 Å². The highest BCUT2D eigenvalue weighted by molar-refractivity contribution is 5.71. The van der Waals surface area contributed by atoms with Crippen LogP contribution in [0, 0.1) is 0 Å². The number of hydrogen-bond donors (Lipinski definition) is 0. The molecule has 2 rings (SSSR count). The van der Waals surface area contributed by atoms with Gasteiger partial charge in [0, 0.05) is 5.56 Å². The molecule has 0 radical (unpaired) electrons. The summed E-state index contributed by atoms with van der Waals surface area (Å²) in [6.45, 7) is 3.82. The molecule has 0 atom stereocenters. The first-order chi connectivity index (χ1) is 6.85. The first-order valence-corrected chi connectivity index (χ1v) is 4.84. The Morgan fingerprint density at radius 2 is 2.14 bits per heavy atom. The van der Waals surface area contributed by atoms with Crippen LogP contribution in [0.3, 0.4) is 0 Å². The van der Waals surface area contributed by atoms with Crippen molar-refractivity contribution in [1.82, 2.24) is 0 Å². The lowest BCUT2D eigenvalue weighted by molar-refractivity contribution is 0.414. The van der Waals surface area contributed by atoms with Gasteiger partial charge < -0.3 is 4.74 Å². The molecule has 0 spiro atoms. The van der Waals surface area contributed by atoms with Crippen molar-refractivity contribution in [2.45, 2.75) is 12.8 Å². The van der Waals surface area contributed by atoms with E-state index in [0.29, 0.717) is 0 Å². The van der Waals surface area contributed by atoms with Crippen LogP contribution in [0.15, 0.2) is 30.4 Å². The molecule has 0 amide bonds. The maximum atomic E-state index is 5.28. The Kier molecular flexibility index (Phi) is 2.40. The van der Waals surface area contributed by atoms with Crippen LogP contribution in [0.5, 0.6) is 5.75 Å². The monoisotopic (exact) mass is 186 g/mol. The maximum Gasteiger partial charge on any atom is 0.126 e. The highest BCUT2D eigenvalue weighted by atomic mass is 16.5. The van der Waals surface area contributed by atoms with Gasteiger partial charge in [0.15, 0.2) is 0 Å². The van der Waals surface area contributed by atoms with Crippen molar-refractivity contribution in [3.63, 3.8) is 0 Å². The van der Waals surface area contributed by atoms with Crippen LogP contribution in [-0.2, 0) is 0 Å². The van der Waals surface area contributed by atoms with Gasteiger partial charge in [0.2, 0.25) is 0 Å². The second-order valence-corrected chi connectivity index (χ2v) is 3.47. The van der Waals surface area contributed by atoms with Crippen molar-refractivity contribution in [3.05, 3.63) is 41.5 Å². The molecule has 0 unspecified atom stereocenters. The Hall–Kier alpha value is -1.50. The summed E-state index contributed by atoms with van der Waals surface area (Å²) in [7, 11) is 1.69. The van der Waals surface area contributed by atoms with Crippen LogP contribution in [0.2, 0.25) is 0 Å². The van der Waals surface area contributed by atoms with Gasteiger partial charge in [-0.15, -0.1) is 0 Å². The van der Waals surface area contributed by atoms with Crippen molar-refractivity contribution in [1.29, 1.82) is 0 Å². The molecule has 0 aliphatic heterocycles. The molecule has 0 N–H and O–H groups in total. The predicted octanol–water partition coefficient (Wildman–Crippen LogP) is 3.52. The van der Waals surface area contributed by atoms with E-state index in [-0.39, 0.29) is 0 Å². The molecule has 1 aromatic carbocycles. The number of ether oxygens (including phenoxy) is 1. The summed E-state index contributed by atoms with van der Waals surface area (Å²) < 4.78 is 5.28. The first kappa shape index (κ1) is 9.07. The highest BCUT2D eigenvalue weighted by Crippen LogP contribution is 2.33. The van der Waals surface area contributed by atoms with Crippen LogP contribution in [0.4, 0.5) is 0 Å². The quantitative estimate of drug-likeness (QED) is 0.701. The van der Waals surface area contributed by atoms with Crippen LogP contribution in [-0.4, -0.2) is 7.11 Å². The van der Waals surface area contributed by atoms with E-state index in [1.54, 1.807) is 7.11 Å². The lowest BCUT2D eigenvalue weighted by atomic mass is 10.1. The summed E-state index contributed by atoms with van der Waals surface area (Å²) in [5.41, 5.74) is 3.82. The van der Waals surface area contributed by atoms with E-state index >= 15 is 0 Å². The van der Waals surface area contributed by atoms with Gasteiger partial charge in [-0.3, -0.25) is 0 Å². The predicted molar refractivity (Wildman–Crippen MR) is 60.3 cm³/mol. The zero-order valence-corrected chi connectivity index (χ0v) is 8.42. The van der Waals surface area contributed by atoms with Gasteiger partial charge in [-0.1, -0.05) is 36.4 Å². The van der Waals surface area contributed by atoms with E-state index < -0.39 is 0 Å². The molecule has 72 valence electrons. The second-order valence-electron chi connectivity index (χ2n) is 3.47. The Balaban J connectivity index is 2.46. The Morgan fingerprint density at radius 1 is 1.36 bits per heavy atom. The molecule has 1 heteroatoms. The lowest BCUT2D eigenvalue weighted by Crippen LogP contribution is -1.89. The third-order valence-corrected chi connectivity index (χ3v) is 2.42. The summed E-state index contributed by atoms with van der Waals surface area (Å²) in [4.78, 5) is 0. The lowest BCUT2D eigenvalue weighted by Gasteiger charge is -2.07. The van der Waals surface area contributed by atoms with Crippen molar-refractivity contribution >= 4 is 12.2 Å². The largest absolute Gasteiger partial charge is 0.496 e. The maximum absolute atomic E-state index is 5.28. The van der Waals surface area contributed by atoms with Crippen LogP contribution < -0.4 is 4.74 Å². The molecule has 1 aliphatic rings. The van der Waals surface area contributed by atoms with E-state index in [0.717, 1.165) is 11.3 Å². The molecule has 0 aromatic heterocycles. The summed E-state index contributed by atoms with van der Waals surface area (Å²) >= 11 is 0. The molecule has 14 heavy (non-hydrogen) atoms. The number of methoxy groups -OCH3 is 1. The standard InChI is InChI=1S/C13H14O/c1-3-12-11(9-10-7-8-10)5-4-6-13(12)14-2/h3-6,9H,1,7-8H2,2H3. The molecular formula is C13H14O. The molecule has 0 heterocycles. The fourth-order valence-corrected chi connectivity index (χ4v) is 1.52. The smallest absolute Gasteiger partial charge is 0.126 e. The topological polar surface area (TPSA) is 9.23 Å². The van der Waals surface area contributed by atoms with E-state index in [4.69, 9.17) is 4.74 Å². The van der Waals surface area contributed by atoms with Gasteiger partial charge in [-0.25, -0.2) is 0 Å². The van der Waals surface area contributed by atoms with Crippen LogP contribution in [0.1, 0.15) is 24.0 Å². The zero-order chi connectivity index (χ0) is 9.97. The van der Waals surface area contributed by atoms with Gasteiger partial charge in [0.25, 0.3) is 0 Å². The molecule has 0 bridgehead atoms. The number of rotatable bonds is 3. The Labute approximate surface area is 84.7 Å². The third-order valence-electron chi connectivity index (χ3n) is 2.42. The fourth-order valence-electron chi connectivity index (χ4n) is 1.52. The average molecular weight is 186 g/mol. The zero-order valence-electron chi connectivity index (χ0n) is 8.42. The van der Waals surface area contributed by atoms with Crippen molar-refractivity contribution in [2.24, 2.45) is 0 Å². The van der Waals surface area contributed by atoms with Crippen molar-refractivity contribution in [2.75, 3.05) is 7.11 Å². The minimum absolute atomic E-state index is 0.898. The van der Waals surface area contributed by atoms with Gasteiger partial charge in [0.1, 0.15) is 5.75 Å². The summed E-state index contributed by atoms with van der Waals surface area (Å²) in [6, 6.07) is 6.08. The van der Waals surface area contributed by atoms with Gasteiger partial charge in [-0.2, -0.15) is 0 Å². The molecule has 1 fully saturated rings. The van der Waals surface area contributed by atoms with E-state index in [1.165, 1.54) is 24.0 Å². The SMILES string of the molecule is C=Cc1c(C=C2CC2)cccc1OC. The molecule has 1 aliphatic carbocycles. The molecule has 0 saturated heterocycles. The first-order valence-electron chi connectivity index (χ1n) is 4.84. The Morgan fingerprint density at radius 3 is 2.71 bits per heavy atom. The highest BCUT2D eigenvalue weighted by Gasteiger charge is 2.12. The number of allylic oxidation sites excluding steroid dienone is 1. The second kappa shape index (κ2) is 3.70. The number of benzene rings is 1. The molecule has 1 saturated carbocycles. The summed E-state index contributed by atoms with van der Waals surface area (Å²) in [6.07, 6.45) is 6.58. The third kappa shape index (κ3) is 1.72. The fraction of sp³-hybridized carbons (Fsp3) is 0.231. The average Bonchev–Trinajstić information content (AvgIpc) is 3.01. The molecule has 1 nitrogen and oxygen atoms in total. The van der Waals surface area contributed by atoms with E-state index in [1.807, 2.05) is 18.2 Å². The van der Waals surface area contributed by atoms with Gasteiger partial charge in [0.05, 0.1) is 7.11 Å². The van der Waals surface area contributed by atoms with Gasteiger partial charge in [-0.05, 0) is 24.5 Å². The Bertz CT molecular complexity index is 382. The van der Waals surface area contributed by atoms with Crippen LogP contribution >= 0.6 is 0 Å². The molecule has 1 aromatic rings. The normalized spacial score (nSPS) is 13.6. The summed E-state index contributed by atoms with van der Waals surface area (Å²) in [5, 5.41) is 0. The number of hydrogen-bond acceptors (Lipinski definition) is 1. The van der Waals surface area contributed by atoms with Gasteiger partial charge >= 0.3 is 0 Å². The van der Waals surface area contributed by atoms with E-state index in [2.05, 4.69) is 18.7 Å². The minimum Gasteiger partial charge on any atom is -0.496 e. The van der Waals surface area contributed by atoms with E-state index in [9.17, 15) is 0 Å². The summed E-state index contributed by atoms with van der Waals surface area (Å²) in [5.74, 6) is 0.898. The minimum atomic E-state index is 0.898. The molecular weight excluding hydrogens is 172 g/mol. The van der Waals surface area contributed by atoms with Crippen LogP contribution in [0.25, 0.3) is 12.2 Å².